The van der Waals surface area contributed by atoms with Crippen molar-refractivity contribution < 1.29 is 18.9 Å². The van der Waals surface area contributed by atoms with Gasteiger partial charge in [-0.05, 0) is 25.1 Å². The molecular weight excluding hydrogens is 418 g/mol. The highest BCUT2D eigenvalue weighted by Crippen LogP contribution is 2.34. The second kappa shape index (κ2) is 9.30. The normalized spacial score (nSPS) is 11.0. The molecule has 10 nitrogen and oxygen atoms in total. The zero-order chi connectivity index (χ0) is 20.8. The van der Waals surface area contributed by atoms with Crippen LogP contribution in [0.2, 0.25) is 0 Å². The minimum atomic E-state index is -0.500. The molecule has 0 atom stereocenters. The lowest BCUT2D eigenvalue weighted by Gasteiger charge is -2.05. The number of rotatable bonds is 8. The van der Waals surface area contributed by atoms with E-state index in [1.807, 2.05) is 6.92 Å². The molecule has 0 bridgehead atoms. The van der Waals surface area contributed by atoms with Crippen molar-refractivity contribution in [2.75, 3.05) is 12.9 Å². The maximum atomic E-state index is 11.8. The maximum absolute atomic E-state index is 11.8. The summed E-state index contributed by atoms with van der Waals surface area (Å²) in [6, 6.07) is 7.57. The molecule has 0 aliphatic rings. The predicted molar refractivity (Wildman–Crippen MR) is 108 cm³/mol. The van der Waals surface area contributed by atoms with Gasteiger partial charge in [0.15, 0.2) is 4.34 Å². The van der Waals surface area contributed by atoms with Crippen molar-refractivity contribution in [3.8, 4) is 17.1 Å². The number of nitrogens with one attached hydrogen (secondary N) is 1. The third kappa shape index (κ3) is 5.39. The van der Waals surface area contributed by atoms with Crippen LogP contribution in [0.1, 0.15) is 10.8 Å². The zero-order valence-corrected chi connectivity index (χ0v) is 17.0. The number of hydrogen-bond acceptors (Lipinski definition) is 10. The lowest BCUT2D eigenvalue weighted by molar-refractivity contribution is -0.384. The van der Waals surface area contributed by atoms with E-state index in [0.29, 0.717) is 27.2 Å². The molecule has 0 aliphatic carbocycles. The first-order chi connectivity index (χ1) is 14.0. The van der Waals surface area contributed by atoms with Gasteiger partial charge in [0.05, 0.1) is 35.6 Å². The number of carbonyl (C=O) groups excluding carboxylic acids is 1. The molecule has 150 valence electrons. The number of nitro groups is 1. The number of hydrogen-bond donors (Lipinski definition) is 1. The van der Waals surface area contributed by atoms with Crippen molar-refractivity contribution >= 4 is 40.9 Å². The largest absolute Gasteiger partial charge is 0.496 e. The Hall–Kier alpha value is -3.25. The van der Waals surface area contributed by atoms with Crippen molar-refractivity contribution in [1.82, 2.24) is 15.6 Å². The van der Waals surface area contributed by atoms with Gasteiger partial charge < -0.3 is 9.15 Å². The molecule has 0 unspecified atom stereocenters. The van der Waals surface area contributed by atoms with E-state index in [1.165, 1.54) is 48.6 Å². The Morgan fingerprint density at radius 3 is 2.93 bits per heavy atom. The molecule has 29 heavy (non-hydrogen) atoms. The van der Waals surface area contributed by atoms with Crippen LogP contribution in [0.25, 0.3) is 11.3 Å². The lowest BCUT2D eigenvalue weighted by atomic mass is 10.1. The number of aryl methyl sites for hydroxylation is 1. The summed E-state index contributed by atoms with van der Waals surface area (Å²) in [6.07, 6.45) is 1.36. The van der Waals surface area contributed by atoms with Crippen LogP contribution < -0.4 is 10.2 Å². The summed E-state index contributed by atoms with van der Waals surface area (Å²) in [5.41, 5.74) is 2.89. The first kappa shape index (κ1) is 20.5. The Bertz CT molecular complexity index is 1060. The Balaban J connectivity index is 1.60. The van der Waals surface area contributed by atoms with Crippen molar-refractivity contribution in [2.24, 2.45) is 5.10 Å². The van der Waals surface area contributed by atoms with Crippen molar-refractivity contribution in [1.29, 1.82) is 0 Å². The number of amides is 1. The van der Waals surface area contributed by atoms with Gasteiger partial charge in [0.1, 0.15) is 22.3 Å². The third-order valence-corrected chi connectivity index (χ3v) is 5.48. The summed E-state index contributed by atoms with van der Waals surface area (Å²) < 4.78 is 11.6. The topological polar surface area (TPSA) is 133 Å². The minimum absolute atomic E-state index is 0.0804. The molecule has 0 aliphatic heterocycles. The van der Waals surface area contributed by atoms with Gasteiger partial charge >= 0.3 is 0 Å². The van der Waals surface area contributed by atoms with Gasteiger partial charge in [-0.1, -0.05) is 23.1 Å². The average molecular weight is 433 g/mol. The van der Waals surface area contributed by atoms with Gasteiger partial charge in [0, 0.05) is 6.07 Å². The number of methoxy groups -OCH3 is 1. The molecule has 1 aromatic carbocycles. The first-order valence-electron chi connectivity index (χ1n) is 8.13. The SMILES string of the molecule is COc1cc([N+](=O)[O-])ccc1-c1ccc(/C=N/NC(=O)CSc2nnc(C)s2)o1. The monoisotopic (exact) mass is 433 g/mol. The molecule has 0 spiro atoms. The second-order valence-corrected chi connectivity index (χ2v) is 7.92. The fourth-order valence-electron chi connectivity index (χ4n) is 2.23. The second-order valence-electron chi connectivity index (χ2n) is 5.51. The van der Waals surface area contributed by atoms with Gasteiger partial charge in [0.2, 0.25) is 0 Å². The van der Waals surface area contributed by atoms with E-state index in [1.54, 1.807) is 18.2 Å². The lowest BCUT2D eigenvalue weighted by Crippen LogP contribution is -2.19. The molecule has 1 N–H and O–H groups in total. The summed E-state index contributed by atoms with van der Waals surface area (Å²) in [4.78, 5) is 22.2. The quantitative estimate of drug-likeness (QED) is 0.248. The van der Waals surface area contributed by atoms with E-state index in [9.17, 15) is 14.9 Å². The number of ether oxygens (including phenoxy) is 1. The summed E-state index contributed by atoms with van der Waals surface area (Å²) in [6.45, 7) is 1.84. The molecule has 3 aromatic rings. The molecule has 3 rings (SSSR count). The molecule has 1 amide bonds. The van der Waals surface area contributed by atoms with E-state index >= 15 is 0 Å². The number of aromatic nitrogens is 2. The van der Waals surface area contributed by atoms with Gasteiger partial charge in [-0.3, -0.25) is 14.9 Å². The van der Waals surface area contributed by atoms with Gasteiger partial charge in [-0.2, -0.15) is 5.10 Å². The smallest absolute Gasteiger partial charge is 0.273 e. The van der Waals surface area contributed by atoms with Crippen LogP contribution in [0, 0.1) is 17.0 Å². The Morgan fingerprint density at radius 2 is 2.24 bits per heavy atom. The highest BCUT2D eigenvalue weighted by Gasteiger charge is 2.15. The first-order valence-corrected chi connectivity index (χ1v) is 9.94. The van der Waals surface area contributed by atoms with Crippen LogP contribution in [-0.4, -0.2) is 40.1 Å². The zero-order valence-electron chi connectivity index (χ0n) is 15.3. The van der Waals surface area contributed by atoms with Crippen LogP contribution in [0.3, 0.4) is 0 Å². The number of thioether (sulfide) groups is 1. The van der Waals surface area contributed by atoms with Gasteiger partial charge in [-0.15, -0.1) is 10.2 Å². The average Bonchev–Trinajstić information content (AvgIpc) is 3.34. The fraction of sp³-hybridized carbons (Fsp3) is 0.176. The number of benzene rings is 1. The molecule has 0 radical (unpaired) electrons. The number of hydrazone groups is 1. The van der Waals surface area contributed by atoms with Gasteiger partial charge in [-0.25, -0.2) is 5.43 Å². The van der Waals surface area contributed by atoms with E-state index in [-0.39, 0.29) is 17.3 Å². The number of carbonyl (C=O) groups is 1. The Morgan fingerprint density at radius 1 is 1.41 bits per heavy atom. The van der Waals surface area contributed by atoms with Crippen LogP contribution >= 0.6 is 23.1 Å². The van der Waals surface area contributed by atoms with E-state index in [4.69, 9.17) is 9.15 Å². The fourth-order valence-corrected chi connectivity index (χ4v) is 3.84. The minimum Gasteiger partial charge on any atom is -0.496 e. The van der Waals surface area contributed by atoms with Crippen LogP contribution in [0.4, 0.5) is 5.69 Å². The van der Waals surface area contributed by atoms with E-state index < -0.39 is 4.92 Å². The van der Waals surface area contributed by atoms with Crippen molar-refractivity contribution in [2.45, 2.75) is 11.3 Å². The number of furan rings is 1. The van der Waals surface area contributed by atoms with Crippen LogP contribution in [-0.2, 0) is 4.79 Å². The summed E-state index contributed by atoms with van der Waals surface area (Å²) in [5, 5.41) is 23.4. The standard InChI is InChI=1S/C17H15N5O5S2/c1-10-19-21-17(29-10)28-9-16(23)20-18-8-12-4-6-14(27-12)13-5-3-11(22(24)25)7-15(13)26-2/h3-8H,9H2,1-2H3,(H,20,23)/b18-8+. The molecule has 12 heteroatoms. The molecular formula is C17H15N5O5S2. The summed E-state index contributed by atoms with van der Waals surface area (Å²) in [7, 11) is 1.42. The Labute approximate surface area is 173 Å². The predicted octanol–water partition coefficient (Wildman–Crippen LogP) is 3.27. The highest BCUT2D eigenvalue weighted by molar-refractivity contribution is 8.01. The van der Waals surface area contributed by atoms with Crippen molar-refractivity contribution in [3.05, 3.63) is 51.2 Å². The van der Waals surface area contributed by atoms with Crippen LogP contribution in [0.15, 0.2) is 44.2 Å². The van der Waals surface area contributed by atoms with Crippen molar-refractivity contribution in [3.63, 3.8) is 0 Å². The molecule has 0 fully saturated rings. The Kier molecular flexibility index (Phi) is 6.57. The molecule has 2 aromatic heterocycles. The highest BCUT2D eigenvalue weighted by atomic mass is 32.2. The van der Waals surface area contributed by atoms with Gasteiger partial charge in [0.25, 0.3) is 11.6 Å². The van der Waals surface area contributed by atoms with E-state index in [2.05, 4.69) is 20.7 Å². The summed E-state index contributed by atoms with van der Waals surface area (Å²) in [5.74, 6) is 1.03. The number of nitro benzene ring substituents is 1. The number of nitrogens with zero attached hydrogens (tertiary/aromatic N) is 4. The maximum Gasteiger partial charge on any atom is 0.273 e. The number of non-ortho nitro benzene ring substituents is 1. The molecule has 0 saturated heterocycles. The molecule has 2 heterocycles. The molecule has 0 saturated carbocycles. The third-order valence-electron chi connectivity index (χ3n) is 3.50. The summed E-state index contributed by atoms with van der Waals surface area (Å²) >= 11 is 2.69. The van der Waals surface area contributed by atoms with Crippen LogP contribution in [0.5, 0.6) is 5.75 Å². The van der Waals surface area contributed by atoms with E-state index in [0.717, 1.165) is 5.01 Å².